The van der Waals surface area contributed by atoms with Gasteiger partial charge in [0.1, 0.15) is 5.82 Å². The third kappa shape index (κ3) is 4.55. The zero-order chi connectivity index (χ0) is 16.8. The van der Waals surface area contributed by atoms with E-state index < -0.39 is 0 Å². The lowest BCUT2D eigenvalue weighted by Gasteiger charge is -2.13. The van der Waals surface area contributed by atoms with Gasteiger partial charge in [-0.3, -0.25) is 9.79 Å². The molecular formula is C19H17FN2OS. The van der Waals surface area contributed by atoms with Crippen molar-refractivity contribution in [3.05, 3.63) is 71.6 Å². The summed E-state index contributed by atoms with van der Waals surface area (Å²) in [6.07, 6.45) is 4.29. The highest BCUT2D eigenvalue weighted by Crippen LogP contribution is 2.17. The van der Waals surface area contributed by atoms with E-state index in [2.05, 4.69) is 10.3 Å². The molecule has 0 aromatic heterocycles. The minimum atomic E-state index is -0.290. The summed E-state index contributed by atoms with van der Waals surface area (Å²) in [6.45, 7) is 0.861. The third-order valence-electron chi connectivity index (χ3n) is 3.51. The van der Waals surface area contributed by atoms with Crippen molar-refractivity contribution in [1.29, 1.82) is 0 Å². The van der Waals surface area contributed by atoms with Gasteiger partial charge in [0.2, 0.25) is 0 Å². The van der Waals surface area contributed by atoms with E-state index in [0.29, 0.717) is 5.56 Å². The molecule has 0 radical (unpaired) electrons. The lowest BCUT2D eigenvalue weighted by atomic mass is 10.1. The van der Waals surface area contributed by atoms with Crippen LogP contribution in [0.15, 0.2) is 59.6 Å². The van der Waals surface area contributed by atoms with Gasteiger partial charge in [0.25, 0.3) is 0 Å². The van der Waals surface area contributed by atoms with E-state index in [-0.39, 0.29) is 11.6 Å². The van der Waals surface area contributed by atoms with Crippen molar-refractivity contribution in [2.24, 2.45) is 4.99 Å². The van der Waals surface area contributed by atoms with Crippen molar-refractivity contribution in [3.63, 3.8) is 0 Å². The number of halogens is 1. The number of ketones is 1. The van der Waals surface area contributed by atoms with E-state index in [9.17, 15) is 9.18 Å². The average molecular weight is 340 g/mol. The molecule has 24 heavy (non-hydrogen) atoms. The Morgan fingerprint density at radius 1 is 1.12 bits per heavy atom. The van der Waals surface area contributed by atoms with Gasteiger partial charge in [0.15, 0.2) is 11.0 Å². The van der Waals surface area contributed by atoms with Crippen LogP contribution in [0.5, 0.6) is 0 Å². The van der Waals surface area contributed by atoms with Crippen LogP contribution in [0, 0.1) is 5.82 Å². The molecule has 0 fully saturated rings. The highest BCUT2D eigenvalue weighted by molar-refractivity contribution is 8.14. The normalized spacial score (nSPS) is 14.5. The topological polar surface area (TPSA) is 41.5 Å². The van der Waals surface area contributed by atoms with Gasteiger partial charge in [0.05, 0.1) is 0 Å². The number of rotatable bonds is 4. The minimum Gasteiger partial charge on any atom is -0.335 e. The number of allylic oxidation sites excluding steroid dienone is 1. The lowest BCUT2D eigenvalue weighted by molar-refractivity contribution is 0.104. The molecule has 122 valence electrons. The van der Waals surface area contributed by atoms with Crippen molar-refractivity contribution < 1.29 is 9.18 Å². The first-order valence-corrected chi connectivity index (χ1v) is 8.71. The summed E-state index contributed by atoms with van der Waals surface area (Å²) >= 11 is 1.71. The Balaban J connectivity index is 1.63. The molecule has 2 aromatic carbocycles. The number of anilines is 1. The van der Waals surface area contributed by atoms with Gasteiger partial charge in [0, 0.05) is 23.5 Å². The summed E-state index contributed by atoms with van der Waals surface area (Å²) in [5.41, 5.74) is 2.31. The molecule has 1 aliphatic heterocycles. The second-order valence-electron chi connectivity index (χ2n) is 5.34. The molecule has 0 unspecified atom stereocenters. The Labute approximate surface area is 144 Å². The summed E-state index contributed by atoms with van der Waals surface area (Å²) in [5.74, 6) is 0.703. The van der Waals surface area contributed by atoms with E-state index in [0.717, 1.165) is 35.1 Å². The number of nitrogens with one attached hydrogen (secondary N) is 1. The molecule has 0 bridgehead atoms. The number of hydrogen-bond donors (Lipinski definition) is 1. The SMILES string of the molecule is O=C(C=Cc1ccc(F)cc1)c1ccc(NC2=NCCCS2)cc1. The quantitative estimate of drug-likeness (QED) is 0.652. The Bertz CT molecular complexity index is 767. The molecule has 1 aliphatic rings. The lowest BCUT2D eigenvalue weighted by Crippen LogP contribution is -2.13. The molecule has 2 aromatic rings. The monoisotopic (exact) mass is 340 g/mol. The Kier molecular flexibility index (Phi) is 5.43. The minimum absolute atomic E-state index is 0.0877. The average Bonchev–Trinajstić information content (AvgIpc) is 2.62. The predicted octanol–water partition coefficient (Wildman–Crippen LogP) is 4.63. The smallest absolute Gasteiger partial charge is 0.185 e. The van der Waals surface area contributed by atoms with Crippen molar-refractivity contribution >= 4 is 34.5 Å². The second-order valence-corrected chi connectivity index (χ2v) is 6.42. The molecule has 0 aliphatic carbocycles. The zero-order valence-corrected chi connectivity index (χ0v) is 13.9. The molecule has 3 nitrogen and oxygen atoms in total. The molecule has 3 rings (SSSR count). The van der Waals surface area contributed by atoms with Gasteiger partial charge in [-0.15, -0.1) is 0 Å². The van der Waals surface area contributed by atoms with E-state index in [1.807, 2.05) is 12.1 Å². The largest absolute Gasteiger partial charge is 0.335 e. The summed E-state index contributed by atoms with van der Waals surface area (Å²) < 4.78 is 12.8. The Morgan fingerprint density at radius 3 is 2.54 bits per heavy atom. The highest BCUT2D eigenvalue weighted by atomic mass is 32.2. The number of aliphatic imine (C=N–C) groups is 1. The molecule has 1 heterocycles. The van der Waals surface area contributed by atoms with Crippen LogP contribution in [0.3, 0.4) is 0 Å². The molecule has 1 N–H and O–H groups in total. The van der Waals surface area contributed by atoms with Gasteiger partial charge >= 0.3 is 0 Å². The number of thioether (sulfide) groups is 1. The van der Waals surface area contributed by atoms with Crippen molar-refractivity contribution in [3.8, 4) is 0 Å². The van der Waals surface area contributed by atoms with Gasteiger partial charge in [-0.1, -0.05) is 30.0 Å². The maximum Gasteiger partial charge on any atom is 0.185 e. The summed E-state index contributed by atoms with van der Waals surface area (Å²) in [7, 11) is 0. The van der Waals surface area contributed by atoms with Gasteiger partial charge in [-0.05, 0) is 54.5 Å². The molecule has 0 saturated heterocycles. The maximum atomic E-state index is 12.8. The van der Waals surface area contributed by atoms with Gasteiger partial charge in [-0.2, -0.15) is 0 Å². The van der Waals surface area contributed by atoms with Crippen LogP contribution in [0.1, 0.15) is 22.3 Å². The maximum absolute atomic E-state index is 12.8. The Hall–Kier alpha value is -2.40. The fourth-order valence-corrected chi connectivity index (χ4v) is 3.06. The zero-order valence-electron chi connectivity index (χ0n) is 13.0. The van der Waals surface area contributed by atoms with Gasteiger partial charge < -0.3 is 5.32 Å². The van der Waals surface area contributed by atoms with Crippen LogP contribution in [0.4, 0.5) is 10.1 Å². The number of hydrogen-bond acceptors (Lipinski definition) is 4. The van der Waals surface area contributed by atoms with Crippen LogP contribution >= 0.6 is 11.8 Å². The second kappa shape index (κ2) is 7.93. The number of nitrogens with zero attached hydrogens (tertiary/aromatic N) is 1. The number of carbonyl (C=O) groups excluding carboxylic acids is 1. The molecule has 5 heteroatoms. The molecule has 0 amide bonds. The summed E-state index contributed by atoms with van der Waals surface area (Å²) in [5, 5.41) is 4.19. The van der Waals surface area contributed by atoms with E-state index >= 15 is 0 Å². The number of amidine groups is 1. The molecule has 0 atom stereocenters. The number of benzene rings is 2. The summed E-state index contributed by atoms with van der Waals surface area (Å²) in [4.78, 5) is 16.6. The fraction of sp³-hybridized carbons (Fsp3) is 0.158. The molecular weight excluding hydrogens is 323 g/mol. The van der Waals surface area contributed by atoms with E-state index in [1.54, 1.807) is 42.1 Å². The standard InChI is InChI=1S/C19H17FN2OS/c20-16-7-2-14(3-8-16)4-11-18(23)15-5-9-17(10-6-15)22-19-21-12-1-13-24-19/h2-11H,1,12-13H2,(H,21,22). The van der Waals surface area contributed by atoms with Crippen LogP contribution in [-0.2, 0) is 0 Å². The van der Waals surface area contributed by atoms with Gasteiger partial charge in [-0.25, -0.2) is 4.39 Å². The van der Waals surface area contributed by atoms with Crippen molar-refractivity contribution in [2.75, 3.05) is 17.6 Å². The van der Waals surface area contributed by atoms with Crippen molar-refractivity contribution in [2.45, 2.75) is 6.42 Å². The fourth-order valence-electron chi connectivity index (χ4n) is 2.22. The van der Waals surface area contributed by atoms with Crippen molar-refractivity contribution in [1.82, 2.24) is 0 Å². The van der Waals surface area contributed by atoms with Crippen LogP contribution < -0.4 is 5.32 Å². The van der Waals surface area contributed by atoms with E-state index in [1.165, 1.54) is 18.2 Å². The highest BCUT2D eigenvalue weighted by Gasteiger charge is 2.07. The molecule has 0 saturated carbocycles. The molecule has 0 spiro atoms. The number of carbonyl (C=O) groups is 1. The van der Waals surface area contributed by atoms with E-state index in [4.69, 9.17) is 0 Å². The Morgan fingerprint density at radius 2 is 1.88 bits per heavy atom. The van der Waals surface area contributed by atoms with Crippen LogP contribution in [0.25, 0.3) is 6.08 Å². The van der Waals surface area contributed by atoms with Crippen LogP contribution in [-0.4, -0.2) is 23.2 Å². The first-order valence-electron chi connectivity index (χ1n) is 7.73. The summed E-state index contributed by atoms with van der Waals surface area (Å²) in [6, 6.07) is 13.3. The third-order valence-corrected chi connectivity index (χ3v) is 4.51. The van der Waals surface area contributed by atoms with Crippen LogP contribution in [0.2, 0.25) is 0 Å². The first kappa shape index (κ1) is 16.5. The first-order chi connectivity index (χ1) is 11.7. The predicted molar refractivity (Wildman–Crippen MR) is 99.2 cm³/mol.